The molecule has 4 unspecified atom stereocenters. The Balaban J connectivity index is 1.60. The van der Waals surface area contributed by atoms with E-state index in [1.807, 2.05) is 12.2 Å². The third kappa shape index (κ3) is 2.54. The van der Waals surface area contributed by atoms with Crippen molar-refractivity contribution in [1.29, 1.82) is 0 Å². The molecule has 124 valence electrons. The molecule has 1 N–H and O–H groups in total. The fourth-order valence-corrected chi connectivity index (χ4v) is 3.89. The van der Waals surface area contributed by atoms with Gasteiger partial charge in [-0.3, -0.25) is 24.1 Å². The highest BCUT2D eigenvalue weighted by molar-refractivity contribution is 6.08. The van der Waals surface area contributed by atoms with E-state index in [2.05, 4.69) is 5.32 Å². The molecule has 0 aromatic carbocycles. The summed E-state index contributed by atoms with van der Waals surface area (Å²) >= 11 is 0. The normalized spacial score (nSPS) is 30.8. The van der Waals surface area contributed by atoms with Crippen molar-refractivity contribution in [2.45, 2.75) is 12.8 Å². The Hall–Kier alpha value is -2.18. The predicted molar refractivity (Wildman–Crippen MR) is 80.8 cm³/mol. The number of hydrogen-bond donors (Lipinski definition) is 1. The summed E-state index contributed by atoms with van der Waals surface area (Å²) in [5.41, 5.74) is 0. The number of likely N-dealkylation sites (tertiary alicyclic amines) is 1. The van der Waals surface area contributed by atoms with E-state index in [-0.39, 0.29) is 66.8 Å². The summed E-state index contributed by atoms with van der Waals surface area (Å²) in [5.74, 6) is -1.18. The van der Waals surface area contributed by atoms with Gasteiger partial charge in [0.25, 0.3) is 0 Å². The van der Waals surface area contributed by atoms with E-state index in [0.717, 1.165) is 11.3 Å². The molecular weight excluding hydrogens is 298 g/mol. The Labute approximate surface area is 134 Å². The number of imide groups is 1. The molecule has 0 spiro atoms. The molecule has 7 nitrogen and oxygen atoms in total. The molecule has 3 aliphatic rings. The monoisotopic (exact) mass is 319 g/mol. The Morgan fingerprint density at radius 1 is 1.22 bits per heavy atom. The molecule has 2 aliphatic carbocycles. The van der Waals surface area contributed by atoms with Crippen LogP contribution in [0.4, 0.5) is 0 Å². The predicted octanol–water partition coefficient (Wildman–Crippen LogP) is -0.612. The summed E-state index contributed by atoms with van der Waals surface area (Å²) in [7, 11) is 3.11. The molecule has 0 aromatic heterocycles. The molecule has 3 rings (SSSR count). The highest BCUT2D eigenvalue weighted by Gasteiger charge is 2.59. The number of allylic oxidation sites excluding steroid dienone is 2. The third-order valence-electron chi connectivity index (χ3n) is 5.23. The number of hydrogen-bond acceptors (Lipinski definition) is 4. The Bertz CT molecular complexity index is 570. The summed E-state index contributed by atoms with van der Waals surface area (Å²) in [6.45, 7) is 0.0305. The molecule has 2 bridgehead atoms. The van der Waals surface area contributed by atoms with Gasteiger partial charge in [-0.15, -0.1) is 0 Å². The van der Waals surface area contributed by atoms with Crippen LogP contribution in [0.25, 0.3) is 0 Å². The summed E-state index contributed by atoms with van der Waals surface area (Å²) in [6, 6.07) is 0. The van der Waals surface area contributed by atoms with Gasteiger partial charge in [0, 0.05) is 27.1 Å². The van der Waals surface area contributed by atoms with Gasteiger partial charge in [0.1, 0.15) is 6.54 Å². The van der Waals surface area contributed by atoms with E-state index in [9.17, 15) is 19.2 Å². The summed E-state index contributed by atoms with van der Waals surface area (Å²) in [5, 5.41) is 2.49. The maximum atomic E-state index is 12.5. The molecule has 23 heavy (non-hydrogen) atoms. The number of rotatable bonds is 5. The lowest BCUT2D eigenvalue weighted by molar-refractivity contribution is -0.146. The first-order valence-electron chi connectivity index (χ1n) is 7.92. The first-order valence-corrected chi connectivity index (χ1v) is 7.92. The minimum Gasteiger partial charge on any atom is -0.359 e. The minimum absolute atomic E-state index is 0.146. The van der Waals surface area contributed by atoms with E-state index in [1.165, 1.54) is 11.9 Å². The van der Waals surface area contributed by atoms with Gasteiger partial charge in [-0.05, 0) is 18.3 Å². The molecule has 7 heteroatoms. The standard InChI is InChI=1S/C16H21N3O4/c1-17-11(20)5-6-18(2)12(21)8-19-15(22)13-9-3-4-10(7-9)14(13)16(19)23/h3-4,9-10,13-14H,5-8H2,1-2H3,(H,17,20). The summed E-state index contributed by atoms with van der Waals surface area (Å²) < 4.78 is 0. The zero-order valence-corrected chi connectivity index (χ0v) is 13.3. The number of likely N-dealkylation sites (N-methyl/N-ethyl adjacent to an activating group) is 1. The fourth-order valence-electron chi connectivity index (χ4n) is 3.89. The maximum Gasteiger partial charge on any atom is 0.242 e. The van der Waals surface area contributed by atoms with Crippen LogP contribution in [-0.4, -0.2) is 60.6 Å². The number of carbonyl (C=O) groups excluding carboxylic acids is 4. The molecule has 4 atom stereocenters. The Morgan fingerprint density at radius 3 is 2.30 bits per heavy atom. The second-order valence-electron chi connectivity index (χ2n) is 6.50. The van der Waals surface area contributed by atoms with Crippen LogP contribution >= 0.6 is 0 Å². The first-order chi connectivity index (χ1) is 10.9. The van der Waals surface area contributed by atoms with Crippen LogP contribution in [0.5, 0.6) is 0 Å². The van der Waals surface area contributed by atoms with E-state index >= 15 is 0 Å². The van der Waals surface area contributed by atoms with Crippen LogP contribution in [0, 0.1) is 23.7 Å². The molecule has 1 heterocycles. The van der Waals surface area contributed by atoms with E-state index in [0.29, 0.717) is 0 Å². The fraction of sp³-hybridized carbons (Fsp3) is 0.625. The van der Waals surface area contributed by atoms with Crippen molar-refractivity contribution in [2.75, 3.05) is 27.2 Å². The minimum atomic E-state index is -0.323. The largest absolute Gasteiger partial charge is 0.359 e. The van der Waals surface area contributed by atoms with Crippen molar-refractivity contribution in [3.63, 3.8) is 0 Å². The number of carbonyl (C=O) groups is 4. The highest BCUT2D eigenvalue weighted by atomic mass is 16.2. The number of amides is 4. The lowest BCUT2D eigenvalue weighted by Crippen LogP contribution is -2.43. The van der Waals surface area contributed by atoms with Crippen molar-refractivity contribution in [3.05, 3.63) is 12.2 Å². The summed E-state index contributed by atoms with van der Waals surface area (Å²) in [4.78, 5) is 50.9. The zero-order chi connectivity index (χ0) is 16.7. The van der Waals surface area contributed by atoms with Crippen LogP contribution in [0.1, 0.15) is 12.8 Å². The zero-order valence-electron chi connectivity index (χ0n) is 13.3. The van der Waals surface area contributed by atoms with Gasteiger partial charge in [0.2, 0.25) is 23.6 Å². The molecule has 2 fully saturated rings. The SMILES string of the molecule is CNC(=O)CCN(C)C(=O)CN1C(=O)C2C3C=CC(C3)C2C1=O. The molecule has 1 aliphatic heterocycles. The van der Waals surface area contributed by atoms with Crippen molar-refractivity contribution in [2.24, 2.45) is 23.7 Å². The van der Waals surface area contributed by atoms with Crippen LogP contribution < -0.4 is 5.32 Å². The topological polar surface area (TPSA) is 86.8 Å². The number of fused-ring (bicyclic) bond motifs is 5. The first kappa shape index (κ1) is 15.7. The second-order valence-corrected chi connectivity index (χ2v) is 6.50. The van der Waals surface area contributed by atoms with Gasteiger partial charge < -0.3 is 10.2 Å². The molecule has 0 aromatic rings. The van der Waals surface area contributed by atoms with Crippen LogP contribution in [0.2, 0.25) is 0 Å². The lowest BCUT2D eigenvalue weighted by Gasteiger charge is -2.21. The smallest absolute Gasteiger partial charge is 0.242 e. The number of nitrogens with zero attached hydrogens (tertiary/aromatic N) is 2. The van der Waals surface area contributed by atoms with Gasteiger partial charge in [-0.1, -0.05) is 12.2 Å². The van der Waals surface area contributed by atoms with Crippen LogP contribution in [0.3, 0.4) is 0 Å². The second kappa shape index (κ2) is 5.79. The van der Waals surface area contributed by atoms with E-state index < -0.39 is 0 Å². The van der Waals surface area contributed by atoms with Gasteiger partial charge >= 0.3 is 0 Å². The lowest BCUT2D eigenvalue weighted by atomic mass is 9.85. The molecule has 1 saturated heterocycles. The van der Waals surface area contributed by atoms with Crippen LogP contribution in [0.15, 0.2) is 12.2 Å². The molecule has 4 amide bonds. The van der Waals surface area contributed by atoms with Gasteiger partial charge in [-0.25, -0.2) is 0 Å². The quantitative estimate of drug-likeness (QED) is 0.541. The highest BCUT2D eigenvalue weighted by Crippen LogP contribution is 2.52. The van der Waals surface area contributed by atoms with Crippen molar-refractivity contribution in [3.8, 4) is 0 Å². The maximum absolute atomic E-state index is 12.5. The average molecular weight is 319 g/mol. The molecule has 0 radical (unpaired) electrons. The average Bonchev–Trinajstić information content (AvgIpc) is 3.21. The van der Waals surface area contributed by atoms with Gasteiger partial charge in [-0.2, -0.15) is 0 Å². The van der Waals surface area contributed by atoms with Gasteiger partial charge in [0.05, 0.1) is 11.8 Å². The van der Waals surface area contributed by atoms with E-state index in [4.69, 9.17) is 0 Å². The molecule has 1 saturated carbocycles. The number of nitrogens with one attached hydrogen (secondary N) is 1. The van der Waals surface area contributed by atoms with Crippen LogP contribution in [-0.2, 0) is 19.2 Å². The van der Waals surface area contributed by atoms with Crippen molar-refractivity contribution in [1.82, 2.24) is 15.1 Å². The Kier molecular flexibility index (Phi) is 3.95. The molecular formula is C16H21N3O4. The van der Waals surface area contributed by atoms with Gasteiger partial charge in [0.15, 0.2) is 0 Å². The van der Waals surface area contributed by atoms with E-state index in [1.54, 1.807) is 7.05 Å². The van der Waals surface area contributed by atoms with Crippen molar-refractivity contribution >= 4 is 23.6 Å². The third-order valence-corrected chi connectivity index (χ3v) is 5.23. The Morgan fingerprint density at radius 2 is 1.78 bits per heavy atom. The van der Waals surface area contributed by atoms with Crippen molar-refractivity contribution < 1.29 is 19.2 Å². The summed E-state index contributed by atoms with van der Waals surface area (Å²) in [6.07, 6.45) is 5.12.